The molecule has 17 heavy (non-hydrogen) atoms. The minimum absolute atomic E-state index is 0.0220. The maximum Gasteiger partial charge on any atom is 0.0708 e. The second kappa shape index (κ2) is 4.87. The van der Waals surface area contributed by atoms with E-state index in [-0.39, 0.29) is 11.7 Å². The number of nitrogens with one attached hydrogen (secondary N) is 1. The number of aliphatic hydroxyl groups excluding tert-OH is 1. The van der Waals surface area contributed by atoms with Gasteiger partial charge in [-0.1, -0.05) is 12.8 Å². The Hall–Kier alpha value is -0.120. The van der Waals surface area contributed by atoms with Crippen molar-refractivity contribution in [2.24, 2.45) is 5.92 Å². The van der Waals surface area contributed by atoms with Crippen LogP contribution in [0.1, 0.15) is 51.4 Å². The zero-order valence-electron chi connectivity index (χ0n) is 10.7. The molecule has 1 unspecified atom stereocenters. The van der Waals surface area contributed by atoms with Gasteiger partial charge in [0, 0.05) is 6.54 Å². The summed E-state index contributed by atoms with van der Waals surface area (Å²) >= 11 is 0. The Labute approximate surface area is 104 Å². The lowest BCUT2D eigenvalue weighted by Crippen LogP contribution is -2.39. The van der Waals surface area contributed by atoms with Gasteiger partial charge in [0.15, 0.2) is 0 Å². The highest BCUT2D eigenvalue weighted by Crippen LogP contribution is 2.43. The lowest BCUT2D eigenvalue weighted by Gasteiger charge is -2.32. The van der Waals surface area contributed by atoms with E-state index in [0.29, 0.717) is 12.0 Å². The molecule has 1 heterocycles. The molecule has 0 aromatic carbocycles. The Morgan fingerprint density at radius 3 is 2.59 bits per heavy atom. The zero-order valence-corrected chi connectivity index (χ0v) is 10.7. The van der Waals surface area contributed by atoms with Gasteiger partial charge in [0.2, 0.25) is 0 Å². The lowest BCUT2D eigenvalue weighted by atomic mass is 9.82. The molecule has 1 aliphatic heterocycles. The summed E-state index contributed by atoms with van der Waals surface area (Å²) in [6.07, 6.45) is 10.2. The zero-order chi connectivity index (χ0) is 11.7. The van der Waals surface area contributed by atoms with Crippen molar-refractivity contribution in [3.63, 3.8) is 0 Å². The summed E-state index contributed by atoms with van der Waals surface area (Å²) in [5, 5.41) is 12.7. The summed E-state index contributed by atoms with van der Waals surface area (Å²) < 4.78 is 6.25. The first-order valence-corrected chi connectivity index (χ1v) is 7.32. The SMILES string of the molecule is OC1CC(CNCC2CCC3(CCCC3)O2)C1. The predicted octanol–water partition coefficient (Wildman–Crippen LogP) is 1.84. The van der Waals surface area contributed by atoms with E-state index in [4.69, 9.17) is 4.74 Å². The van der Waals surface area contributed by atoms with Crippen LogP contribution in [0.25, 0.3) is 0 Å². The molecular weight excluding hydrogens is 214 g/mol. The number of aliphatic hydroxyl groups is 1. The van der Waals surface area contributed by atoms with E-state index in [2.05, 4.69) is 5.32 Å². The van der Waals surface area contributed by atoms with Gasteiger partial charge in [0.25, 0.3) is 0 Å². The topological polar surface area (TPSA) is 41.5 Å². The minimum atomic E-state index is -0.0220. The first-order chi connectivity index (χ1) is 8.26. The van der Waals surface area contributed by atoms with Gasteiger partial charge in [-0.2, -0.15) is 0 Å². The van der Waals surface area contributed by atoms with Gasteiger partial charge in [-0.15, -0.1) is 0 Å². The third kappa shape index (κ3) is 2.67. The van der Waals surface area contributed by atoms with Crippen LogP contribution in [0.3, 0.4) is 0 Å². The predicted molar refractivity (Wildman–Crippen MR) is 66.9 cm³/mol. The number of rotatable bonds is 4. The van der Waals surface area contributed by atoms with Crippen molar-refractivity contribution in [3.05, 3.63) is 0 Å². The van der Waals surface area contributed by atoms with Crippen molar-refractivity contribution in [2.75, 3.05) is 13.1 Å². The van der Waals surface area contributed by atoms with E-state index >= 15 is 0 Å². The lowest BCUT2D eigenvalue weighted by molar-refractivity contribution is -0.0362. The van der Waals surface area contributed by atoms with Crippen molar-refractivity contribution < 1.29 is 9.84 Å². The van der Waals surface area contributed by atoms with Crippen LogP contribution in [0, 0.1) is 5.92 Å². The van der Waals surface area contributed by atoms with E-state index < -0.39 is 0 Å². The van der Waals surface area contributed by atoms with E-state index in [1.807, 2.05) is 0 Å². The molecule has 0 bridgehead atoms. The molecule has 98 valence electrons. The molecule has 0 aromatic rings. The van der Waals surface area contributed by atoms with Crippen molar-refractivity contribution in [1.29, 1.82) is 0 Å². The highest BCUT2D eigenvalue weighted by molar-refractivity contribution is 4.93. The molecule has 1 saturated heterocycles. The fourth-order valence-electron chi connectivity index (χ4n) is 3.74. The third-order valence-electron chi connectivity index (χ3n) is 4.87. The molecule has 3 fully saturated rings. The maximum absolute atomic E-state index is 9.22. The molecule has 3 rings (SSSR count). The summed E-state index contributed by atoms with van der Waals surface area (Å²) in [4.78, 5) is 0. The third-order valence-corrected chi connectivity index (χ3v) is 4.87. The van der Waals surface area contributed by atoms with Crippen molar-refractivity contribution in [1.82, 2.24) is 5.32 Å². The summed E-state index contributed by atoms with van der Waals surface area (Å²) in [7, 11) is 0. The molecule has 0 amide bonds. The van der Waals surface area contributed by atoms with E-state index in [0.717, 1.165) is 25.9 Å². The van der Waals surface area contributed by atoms with Crippen molar-refractivity contribution >= 4 is 0 Å². The second-order valence-electron chi connectivity index (χ2n) is 6.32. The average Bonchev–Trinajstić information content (AvgIpc) is 2.88. The quantitative estimate of drug-likeness (QED) is 0.786. The van der Waals surface area contributed by atoms with Crippen LogP contribution >= 0.6 is 0 Å². The fraction of sp³-hybridized carbons (Fsp3) is 1.00. The normalized spacial score (nSPS) is 39.7. The molecule has 2 aliphatic carbocycles. The Morgan fingerprint density at radius 1 is 1.12 bits per heavy atom. The molecular formula is C14H25NO2. The number of hydrogen-bond acceptors (Lipinski definition) is 3. The van der Waals surface area contributed by atoms with Gasteiger partial charge in [-0.05, 0) is 51.0 Å². The van der Waals surface area contributed by atoms with Crippen LogP contribution in [-0.4, -0.2) is 36.0 Å². The molecule has 2 N–H and O–H groups in total. The molecule has 0 radical (unpaired) electrons. The fourth-order valence-corrected chi connectivity index (χ4v) is 3.74. The first kappa shape index (κ1) is 11.9. The van der Waals surface area contributed by atoms with Crippen LogP contribution in [0.4, 0.5) is 0 Å². The highest BCUT2D eigenvalue weighted by Gasteiger charge is 2.41. The maximum atomic E-state index is 9.22. The molecule has 2 saturated carbocycles. The van der Waals surface area contributed by atoms with Gasteiger partial charge < -0.3 is 15.2 Å². The van der Waals surface area contributed by atoms with E-state index in [1.54, 1.807) is 0 Å². The summed E-state index contributed by atoms with van der Waals surface area (Å²) in [5.74, 6) is 0.701. The molecule has 3 aliphatic rings. The Morgan fingerprint density at radius 2 is 1.88 bits per heavy atom. The Bertz CT molecular complexity index is 257. The van der Waals surface area contributed by atoms with Crippen LogP contribution in [0.5, 0.6) is 0 Å². The number of ether oxygens (including phenoxy) is 1. The Balaban J connectivity index is 1.33. The molecule has 1 atom stereocenters. The van der Waals surface area contributed by atoms with Gasteiger partial charge >= 0.3 is 0 Å². The van der Waals surface area contributed by atoms with E-state index in [9.17, 15) is 5.11 Å². The first-order valence-electron chi connectivity index (χ1n) is 7.32. The summed E-state index contributed by atoms with van der Waals surface area (Å²) in [6.45, 7) is 2.07. The molecule has 3 nitrogen and oxygen atoms in total. The highest BCUT2D eigenvalue weighted by atomic mass is 16.5. The van der Waals surface area contributed by atoms with Crippen LogP contribution in [0.15, 0.2) is 0 Å². The van der Waals surface area contributed by atoms with Crippen LogP contribution in [0.2, 0.25) is 0 Å². The van der Waals surface area contributed by atoms with Gasteiger partial charge in [-0.25, -0.2) is 0 Å². The van der Waals surface area contributed by atoms with Crippen LogP contribution in [-0.2, 0) is 4.74 Å². The standard InChI is InChI=1S/C14H25NO2/c16-12-7-11(8-12)9-15-10-13-3-6-14(17-13)4-1-2-5-14/h11-13,15-16H,1-10H2. The van der Waals surface area contributed by atoms with Gasteiger partial charge in [0.05, 0.1) is 17.8 Å². The van der Waals surface area contributed by atoms with Crippen LogP contribution < -0.4 is 5.32 Å². The van der Waals surface area contributed by atoms with Crippen molar-refractivity contribution in [3.8, 4) is 0 Å². The average molecular weight is 239 g/mol. The Kier molecular flexibility index (Phi) is 3.42. The second-order valence-corrected chi connectivity index (χ2v) is 6.32. The monoisotopic (exact) mass is 239 g/mol. The molecule has 3 heteroatoms. The summed E-state index contributed by atoms with van der Waals surface area (Å²) in [5.41, 5.74) is 0.277. The van der Waals surface area contributed by atoms with E-state index in [1.165, 1.54) is 38.5 Å². The smallest absolute Gasteiger partial charge is 0.0708 e. The van der Waals surface area contributed by atoms with Crippen molar-refractivity contribution in [2.45, 2.75) is 69.2 Å². The largest absolute Gasteiger partial charge is 0.393 e. The molecule has 1 spiro atoms. The molecule has 0 aromatic heterocycles. The van der Waals surface area contributed by atoms with Gasteiger partial charge in [0.1, 0.15) is 0 Å². The van der Waals surface area contributed by atoms with Gasteiger partial charge in [-0.3, -0.25) is 0 Å². The number of hydrogen-bond donors (Lipinski definition) is 2. The summed E-state index contributed by atoms with van der Waals surface area (Å²) in [6, 6.07) is 0. The minimum Gasteiger partial charge on any atom is -0.393 e.